The van der Waals surface area contributed by atoms with E-state index in [0.29, 0.717) is 17.7 Å². The van der Waals surface area contributed by atoms with E-state index in [1.165, 1.54) is 25.5 Å². The molecule has 1 N–H and O–H groups in total. The molecule has 2 aromatic rings. The highest BCUT2D eigenvalue weighted by Gasteiger charge is 2.37. The van der Waals surface area contributed by atoms with Crippen LogP contribution in [0.2, 0.25) is 0 Å². The molecule has 0 spiro atoms. The van der Waals surface area contributed by atoms with Gasteiger partial charge in [0.1, 0.15) is 17.2 Å². The van der Waals surface area contributed by atoms with Gasteiger partial charge in [-0.1, -0.05) is 29.4 Å². The summed E-state index contributed by atoms with van der Waals surface area (Å²) < 4.78 is 83.5. The zero-order chi connectivity index (χ0) is 24.8. The average molecular weight is 493 g/mol. The second kappa shape index (κ2) is 10.6. The van der Waals surface area contributed by atoms with Crippen molar-refractivity contribution >= 4 is 28.3 Å². The summed E-state index contributed by atoms with van der Waals surface area (Å²) >= 11 is 0.785. The molecule has 0 atom stereocenters. The number of hydrogen-bond acceptors (Lipinski definition) is 5. The number of rotatable bonds is 7. The third-order valence-electron chi connectivity index (χ3n) is 4.17. The molecule has 0 radical (unpaired) electrons. The van der Waals surface area contributed by atoms with Crippen LogP contribution in [-0.2, 0) is 33.3 Å². The second-order valence-electron chi connectivity index (χ2n) is 6.40. The third-order valence-corrected chi connectivity index (χ3v) is 4.87. The van der Waals surface area contributed by atoms with E-state index in [0.717, 1.165) is 18.0 Å². The number of halogens is 6. The molecule has 5 nitrogen and oxygen atoms in total. The minimum absolute atomic E-state index is 0.0219. The molecule has 33 heavy (non-hydrogen) atoms. The van der Waals surface area contributed by atoms with E-state index in [1.54, 1.807) is 12.1 Å². The Morgan fingerprint density at radius 2 is 1.64 bits per heavy atom. The van der Waals surface area contributed by atoms with Crippen LogP contribution < -0.4 is 0 Å². The number of alkyl halides is 6. The van der Waals surface area contributed by atoms with Crippen LogP contribution in [-0.4, -0.2) is 29.5 Å². The van der Waals surface area contributed by atoms with Crippen LogP contribution in [0.3, 0.4) is 0 Å². The summed E-state index contributed by atoms with van der Waals surface area (Å²) in [6.07, 6.45) is -7.58. The molecule has 0 saturated carbocycles. The van der Waals surface area contributed by atoms with Crippen molar-refractivity contribution in [3.63, 3.8) is 0 Å². The molecule has 0 aliphatic rings. The molecular formula is C21H17F6NO4S. The van der Waals surface area contributed by atoms with Gasteiger partial charge in [-0.3, -0.25) is 0 Å². The number of nitrogens with zero attached hydrogens (tertiary/aromatic N) is 1. The lowest BCUT2D eigenvalue weighted by atomic mass is 10.0. The fraction of sp³-hybridized carbons (Fsp3) is 0.238. The molecule has 0 saturated heterocycles. The van der Waals surface area contributed by atoms with Crippen LogP contribution in [0.4, 0.5) is 26.3 Å². The summed E-state index contributed by atoms with van der Waals surface area (Å²) in [5.41, 5.74) is -2.97. The molecule has 2 aromatic carbocycles. The predicted octanol–water partition coefficient (Wildman–Crippen LogP) is 6.04. The van der Waals surface area contributed by atoms with Crippen molar-refractivity contribution in [2.75, 3.05) is 13.4 Å². The fourth-order valence-corrected chi connectivity index (χ4v) is 3.18. The predicted molar refractivity (Wildman–Crippen MR) is 110 cm³/mol. The molecule has 0 amide bonds. The van der Waals surface area contributed by atoms with Crippen molar-refractivity contribution in [2.45, 2.75) is 19.0 Å². The molecule has 0 aromatic heterocycles. The quantitative estimate of drug-likeness (QED) is 0.127. The Balaban J connectivity index is 2.40. The summed E-state index contributed by atoms with van der Waals surface area (Å²) in [4.78, 5) is 16.6. The molecule has 0 heterocycles. The highest BCUT2D eigenvalue weighted by atomic mass is 32.2. The minimum atomic E-state index is -5.00. The van der Waals surface area contributed by atoms with E-state index in [-0.39, 0.29) is 28.9 Å². The molecule has 2 rings (SSSR count). The SMILES string of the molecule is COC=C(C(=O)O)c1ccccc1CON=C(SC)c1cc(C(F)(F)F)cc(C(F)(F)F)c1. The van der Waals surface area contributed by atoms with Crippen LogP contribution in [0.1, 0.15) is 27.8 Å². The highest BCUT2D eigenvalue weighted by Crippen LogP contribution is 2.37. The largest absolute Gasteiger partial charge is 0.503 e. The summed E-state index contributed by atoms with van der Waals surface area (Å²) in [6, 6.07) is 7.30. The van der Waals surface area contributed by atoms with Crippen LogP contribution >= 0.6 is 11.8 Å². The first-order valence-corrected chi connectivity index (χ1v) is 10.2. The summed E-state index contributed by atoms with van der Waals surface area (Å²) in [6.45, 7) is -0.306. The Labute approximate surface area is 188 Å². The maximum Gasteiger partial charge on any atom is 0.416 e. The van der Waals surface area contributed by atoms with E-state index < -0.39 is 35.0 Å². The lowest BCUT2D eigenvalue weighted by Gasteiger charge is -2.14. The smallest absolute Gasteiger partial charge is 0.416 e. The van der Waals surface area contributed by atoms with E-state index in [4.69, 9.17) is 9.57 Å². The minimum Gasteiger partial charge on any atom is -0.503 e. The monoisotopic (exact) mass is 493 g/mol. The Kier molecular flexibility index (Phi) is 8.42. The van der Waals surface area contributed by atoms with Gasteiger partial charge in [0.25, 0.3) is 0 Å². The number of oxime groups is 1. The molecule has 0 aliphatic carbocycles. The highest BCUT2D eigenvalue weighted by molar-refractivity contribution is 8.13. The number of carbonyl (C=O) groups is 1. The number of aliphatic carboxylic acids is 1. The number of carboxylic acid groups (broad SMARTS) is 1. The van der Waals surface area contributed by atoms with Gasteiger partial charge in [-0.05, 0) is 30.0 Å². The standard InChI is InChI=1S/C21H17F6NO4S/c1-31-11-17(19(29)30)16-6-4-3-5-12(16)10-32-28-18(33-2)13-7-14(20(22,23)24)9-15(8-13)21(25,26)27/h3-9,11H,10H2,1-2H3,(H,29,30). The van der Waals surface area contributed by atoms with Gasteiger partial charge >= 0.3 is 18.3 Å². The molecule has 0 bridgehead atoms. The Morgan fingerprint density at radius 1 is 1.06 bits per heavy atom. The summed E-state index contributed by atoms with van der Waals surface area (Å²) in [7, 11) is 1.27. The van der Waals surface area contributed by atoms with Gasteiger partial charge in [-0.25, -0.2) is 4.79 Å². The molecular weight excluding hydrogens is 476 g/mol. The van der Waals surface area contributed by atoms with Crippen LogP contribution in [0.5, 0.6) is 0 Å². The van der Waals surface area contributed by atoms with Crippen molar-refractivity contribution in [1.82, 2.24) is 0 Å². The van der Waals surface area contributed by atoms with Gasteiger partial charge in [-0.15, -0.1) is 11.8 Å². The lowest BCUT2D eigenvalue weighted by molar-refractivity contribution is -0.143. The summed E-state index contributed by atoms with van der Waals surface area (Å²) in [5.74, 6) is -1.28. The van der Waals surface area contributed by atoms with Gasteiger partial charge in [0.05, 0.1) is 24.5 Å². The molecule has 0 fully saturated rings. The Bertz CT molecular complexity index is 1030. The molecule has 178 valence electrons. The second-order valence-corrected chi connectivity index (χ2v) is 7.19. The van der Waals surface area contributed by atoms with Gasteiger partial charge < -0.3 is 14.7 Å². The molecule has 0 aliphatic heterocycles. The normalized spacial score (nSPS) is 13.1. The van der Waals surface area contributed by atoms with Crippen molar-refractivity contribution in [3.05, 3.63) is 76.5 Å². The van der Waals surface area contributed by atoms with E-state index >= 15 is 0 Å². The number of methoxy groups -OCH3 is 1. The third kappa shape index (κ3) is 6.91. The number of ether oxygens (including phenoxy) is 1. The fourth-order valence-electron chi connectivity index (χ4n) is 2.70. The van der Waals surface area contributed by atoms with Crippen molar-refractivity contribution in [3.8, 4) is 0 Å². The van der Waals surface area contributed by atoms with Gasteiger partial charge in [0, 0.05) is 11.1 Å². The summed E-state index contributed by atoms with van der Waals surface area (Å²) in [5, 5.41) is 12.8. The van der Waals surface area contributed by atoms with E-state index in [1.807, 2.05) is 0 Å². The first-order valence-electron chi connectivity index (χ1n) is 8.96. The maximum atomic E-state index is 13.1. The molecule has 0 unspecified atom stereocenters. The number of hydrogen-bond donors (Lipinski definition) is 1. The Hall–Kier alpha value is -3.15. The van der Waals surface area contributed by atoms with Gasteiger partial charge in [0.2, 0.25) is 0 Å². The van der Waals surface area contributed by atoms with E-state index in [9.17, 15) is 36.2 Å². The first-order chi connectivity index (χ1) is 15.4. The number of thioether (sulfide) groups is 1. The van der Waals surface area contributed by atoms with Crippen LogP contribution in [0.15, 0.2) is 53.9 Å². The van der Waals surface area contributed by atoms with Crippen LogP contribution in [0, 0.1) is 0 Å². The van der Waals surface area contributed by atoms with E-state index in [2.05, 4.69) is 5.16 Å². The first kappa shape index (κ1) is 26.1. The average Bonchev–Trinajstić information content (AvgIpc) is 2.73. The number of carboxylic acids is 1. The van der Waals surface area contributed by atoms with Crippen molar-refractivity contribution in [2.24, 2.45) is 5.16 Å². The molecule has 12 heteroatoms. The van der Waals surface area contributed by atoms with Crippen LogP contribution in [0.25, 0.3) is 5.57 Å². The van der Waals surface area contributed by atoms with Crippen molar-refractivity contribution < 1.29 is 45.8 Å². The van der Waals surface area contributed by atoms with Gasteiger partial charge in [-0.2, -0.15) is 26.3 Å². The maximum absolute atomic E-state index is 13.1. The Morgan fingerprint density at radius 3 is 2.12 bits per heavy atom. The van der Waals surface area contributed by atoms with Crippen molar-refractivity contribution in [1.29, 1.82) is 0 Å². The number of benzene rings is 2. The zero-order valence-electron chi connectivity index (χ0n) is 17.1. The zero-order valence-corrected chi connectivity index (χ0v) is 17.9. The lowest BCUT2D eigenvalue weighted by Crippen LogP contribution is -2.13. The topological polar surface area (TPSA) is 68.1 Å². The van der Waals surface area contributed by atoms with Gasteiger partial charge in [0.15, 0.2) is 0 Å².